The molecule has 1 unspecified atom stereocenters. The number of aliphatic carboxylic acids is 1. The molecule has 0 fully saturated rings. The second-order valence-corrected chi connectivity index (χ2v) is 3.67. The van der Waals surface area contributed by atoms with E-state index in [0.717, 1.165) is 7.11 Å². The average molecular weight is 264 g/mol. The third-order valence-corrected chi connectivity index (χ3v) is 2.47. The van der Waals surface area contributed by atoms with Crippen LogP contribution in [-0.4, -0.2) is 23.3 Å². The van der Waals surface area contributed by atoms with Crippen molar-refractivity contribution < 1.29 is 32.9 Å². The number of hydrogen-bond acceptors (Lipinski definition) is 3. The first-order valence-electron chi connectivity index (χ1n) is 4.89. The van der Waals surface area contributed by atoms with Gasteiger partial charge in [-0.25, -0.2) is 0 Å². The molecule has 0 bridgehead atoms. The van der Waals surface area contributed by atoms with Gasteiger partial charge in [-0.2, -0.15) is 13.2 Å². The zero-order valence-electron chi connectivity index (χ0n) is 9.58. The van der Waals surface area contributed by atoms with E-state index in [-0.39, 0.29) is 11.3 Å². The molecule has 1 atom stereocenters. The van der Waals surface area contributed by atoms with Gasteiger partial charge >= 0.3 is 12.1 Å². The van der Waals surface area contributed by atoms with Crippen LogP contribution in [0.4, 0.5) is 13.2 Å². The molecule has 7 heteroatoms. The van der Waals surface area contributed by atoms with Gasteiger partial charge in [-0.05, 0) is 19.1 Å². The van der Waals surface area contributed by atoms with Crippen LogP contribution >= 0.6 is 0 Å². The minimum Gasteiger partial charge on any atom is -0.507 e. The van der Waals surface area contributed by atoms with Crippen molar-refractivity contribution in [3.63, 3.8) is 0 Å². The smallest absolute Gasteiger partial charge is 0.416 e. The van der Waals surface area contributed by atoms with Crippen LogP contribution in [0.1, 0.15) is 24.0 Å². The third-order valence-electron chi connectivity index (χ3n) is 2.47. The summed E-state index contributed by atoms with van der Waals surface area (Å²) in [5, 5.41) is 18.4. The summed E-state index contributed by atoms with van der Waals surface area (Å²) >= 11 is 0. The fourth-order valence-electron chi connectivity index (χ4n) is 1.50. The number of halogens is 3. The lowest BCUT2D eigenvalue weighted by Crippen LogP contribution is -2.11. The van der Waals surface area contributed by atoms with E-state index < -0.39 is 29.4 Å². The number of aromatic hydroxyl groups is 1. The normalized spacial score (nSPS) is 13.2. The topological polar surface area (TPSA) is 66.8 Å². The maximum Gasteiger partial charge on any atom is 0.416 e. The fraction of sp³-hybridized carbons (Fsp3) is 0.364. The number of ether oxygens (including phenoxy) is 1. The van der Waals surface area contributed by atoms with E-state index in [1.807, 2.05) is 0 Å². The van der Waals surface area contributed by atoms with Crippen molar-refractivity contribution in [1.29, 1.82) is 0 Å². The van der Waals surface area contributed by atoms with Crippen LogP contribution < -0.4 is 4.74 Å². The van der Waals surface area contributed by atoms with Gasteiger partial charge in [0.25, 0.3) is 0 Å². The largest absolute Gasteiger partial charge is 0.507 e. The van der Waals surface area contributed by atoms with Crippen LogP contribution in [0.2, 0.25) is 0 Å². The lowest BCUT2D eigenvalue weighted by Gasteiger charge is -2.16. The summed E-state index contributed by atoms with van der Waals surface area (Å²) in [4.78, 5) is 10.8. The van der Waals surface area contributed by atoms with E-state index in [2.05, 4.69) is 0 Å². The first-order chi connectivity index (χ1) is 8.18. The summed E-state index contributed by atoms with van der Waals surface area (Å²) in [5.41, 5.74) is -1.28. The molecule has 0 aliphatic heterocycles. The first-order valence-corrected chi connectivity index (χ1v) is 4.89. The standard InChI is InChI=1S/C11H11F3O4/c1-5(10(16)17)9-7(15)3-6(11(12,13)14)4-8(9)18-2/h3-5,15H,1-2H3,(H,16,17). The van der Waals surface area contributed by atoms with Crippen LogP contribution in [0.3, 0.4) is 0 Å². The van der Waals surface area contributed by atoms with Crippen LogP contribution in [-0.2, 0) is 11.0 Å². The molecule has 100 valence electrons. The number of alkyl halides is 3. The fourth-order valence-corrected chi connectivity index (χ4v) is 1.50. The molecule has 0 aliphatic carbocycles. The van der Waals surface area contributed by atoms with E-state index in [0.29, 0.717) is 12.1 Å². The number of carboxylic acids is 1. The Morgan fingerprint density at radius 2 is 1.94 bits per heavy atom. The Hall–Kier alpha value is -1.92. The van der Waals surface area contributed by atoms with Gasteiger partial charge in [0, 0.05) is 5.56 Å². The quantitative estimate of drug-likeness (QED) is 0.880. The summed E-state index contributed by atoms with van der Waals surface area (Å²) < 4.78 is 42.2. The SMILES string of the molecule is COc1cc(C(F)(F)F)cc(O)c1C(C)C(=O)O. The average Bonchev–Trinajstić information content (AvgIpc) is 2.25. The molecule has 2 N–H and O–H groups in total. The molecular weight excluding hydrogens is 253 g/mol. The Labute approximate surface area is 101 Å². The molecule has 0 aliphatic rings. The van der Waals surface area contributed by atoms with Gasteiger partial charge in [-0.1, -0.05) is 0 Å². The summed E-state index contributed by atoms with van der Waals surface area (Å²) in [6, 6.07) is 1.14. The highest BCUT2D eigenvalue weighted by Gasteiger charge is 2.34. The van der Waals surface area contributed by atoms with Gasteiger partial charge in [-0.15, -0.1) is 0 Å². The molecule has 1 aromatic rings. The molecule has 18 heavy (non-hydrogen) atoms. The van der Waals surface area contributed by atoms with Gasteiger partial charge < -0.3 is 14.9 Å². The van der Waals surface area contributed by atoms with E-state index in [4.69, 9.17) is 9.84 Å². The van der Waals surface area contributed by atoms with Gasteiger partial charge in [0.1, 0.15) is 11.5 Å². The van der Waals surface area contributed by atoms with Crippen LogP contribution in [0.15, 0.2) is 12.1 Å². The van der Waals surface area contributed by atoms with Crippen molar-refractivity contribution in [3.8, 4) is 11.5 Å². The molecule has 0 saturated carbocycles. The maximum absolute atomic E-state index is 12.5. The van der Waals surface area contributed by atoms with Crippen molar-refractivity contribution in [2.24, 2.45) is 0 Å². The third kappa shape index (κ3) is 2.66. The molecule has 1 rings (SSSR count). The molecule has 0 radical (unpaired) electrons. The highest BCUT2D eigenvalue weighted by atomic mass is 19.4. The zero-order chi connectivity index (χ0) is 14.1. The summed E-state index contributed by atoms with van der Waals surface area (Å²) in [6.45, 7) is 1.24. The van der Waals surface area contributed by atoms with Crippen LogP contribution in [0.5, 0.6) is 11.5 Å². The Morgan fingerprint density at radius 3 is 2.33 bits per heavy atom. The molecule has 0 heterocycles. The molecule has 0 saturated heterocycles. The lowest BCUT2D eigenvalue weighted by molar-refractivity contribution is -0.138. The molecule has 4 nitrogen and oxygen atoms in total. The highest BCUT2D eigenvalue weighted by Crippen LogP contribution is 2.40. The number of phenols is 1. The van der Waals surface area contributed by atoms with E-state index in [1.165, 1.54) is 6.92 Å². The first kappa shape index (κ1) is 14.1. The highest BCUT2D eigenvalue weighted by molar-refractivity contribution is 5.78. The summed E-state index contributed by atoms with van der Waals surface area (Å²) in [7, 11) is 1.10. The van der Waals surface area contributed by atoms with Crippen molar-refractivity contribution in [2.75, 3.05) is 7.11 Å². The van der Waals surface area contributed by atoms with Crippen molar-refractivity contribution in [3.05, 3.63) is 23.3 Å². The number of rotatable bonds is 3. The monoisotopic (exact) mass is 264 g/mol. The molecule has 0 aromatic heterocycles. The van der Waals surface area contributed by atoms with Gasteiger partial charge in [0.15, 0.2) is 0 Å². The number of carbonyl (C=O) groups is 1. The van der Waals surface area contributed by atoms with Crippen LogP contribution in [0.25, 0.3) is 0 Å². The number of methoxy groups -OCH3 is 1. The van der Waals surface area contributed by atoms with Gasteiger partial charge in [-0.3, -0.25) is 4.79 Å². The molecule has 0 amide bonds. The summed E-state index contributed by atoms with van der Waals surface area (Å²) in [6.07, 6.45) is -4.64. The maximum atomic E-state index is 12.5. The minimum atomic E-state index is -4.64. The van der Waals surface area contributed by atoms with E-state index in [9.17, 15) is 23.1 Å². The second-order valence-electron chi connectivity index (χ2n) is 3.67. The second kappa shape index (κ2) is 4.75. The lowest BCUT2D eigenvalue weighted by atomic mass is 9.97. The van der Waals surface area contributed by atoms with Crippen LogP contribution in [0, 0.1) is 0 Å². The van der Waals surface area contributed by atoms with Gasteiger partial charge in [0.05, 0.1) is 18.6 Å². The number of carboxylic acid groups (broad SMARTS) is 1. The van der Waals surface area contributed by atoms with Crippen molar-refractivity contribution in [2.45, 2.75) is 19.0 Å². The zero-order valence-corrected chi connectivity index (χ0v) is 9.58. The van der Waals surface area contributed by atoms with Crippen molar-refractivity contribution >= 4 is 5.97 Å². The van der Waals surface area contributed by atoms with Crippen molar-refractivity contribution in [1.82, 2.24) is 0 Å². The molecular formula is C11H11F3O4. The Kier molecular flexibility index (Phi) is 3.73. The number of phenolic OH excluding ortho intramolecular Hbond substituents is 1. The van der Waals surface area contributed by atoms with Gasteiger partial charge in [0.2, 0.25) is 0 Å². The Bertz CT molecular complexity index is 468. The predicted molar refractivity (Wildman–Crippen MR) is 55.7 cm³/mol. The summed E-state index contributed by atoms with van der Waals surface area (Å²) in [5.74, 6) is -3.51. The molecule has 0 spiro atoms. The predicted octanol–water partition coefficient (Wildman–Crippen LogP) is 2.61. The van der Waals surface area contributed by atoms with E-state index in [1.54, 1.807) is 0 Å². The Balaban J connectivity index is 3.42. The number of benzene rings is 1. The molecule has 1 aromatic carbocycles. The number of hydrogen-bond donors (Lipinski definition) is 2. The minimum absolute atomic E-state index is 0.182. The van der Waals surface area contributed by atoms with E-state index >= 15 is 0 Å². The Morgan fingerprint density at radius 1 is 1.39 bits per heavy atom.